The summed E-state index contributed by atoms with van der Waals surface area (Å²) in [6, 6.07) is 10.6. The summed E-state index contributed by atoms with van der Waals surface area (Å²) in [5, 5.41) is 14.1. The highest BCUT2D eigenvalue weighted by atomic mass is 16.6. The summed E-state index contributed by atoms with van der Waals surface area (Å²) in [5.74, 6) is -0.104. The lowest BCUT2D eigenvalue weighted by Gasteiger charge is -2.10. The third kappa shape index (κ3) is 4.01. The van der Waals surface area contributed by atoms with Crippen LogP contribution in [0.3, 0.4) is 0 Å². The van der Waals surface area contributed by atoms with Gasteiger partial charge in [0.25, 0.3) is 11.6 Å². The monoisotopic (exact) mass is 382 g/mol. The average Bonchev–Trinajstić information content (AvgIpc) is 2.66. The van der Waals surface area contributed by atoms with Crippen molar-refractivity contribution in [1.29, 1.82) is 0 Å². The van der Waals surface area contributed by atoms with E-state index in [1.165, 1.54) is 18.2 Å². The van der Waals surface area contributed by atoms with Crippen molar-refractivity contribution in [3.8, 4) is 5.75 Å². The number of anilines is 1. The van der Waals surface area contributed by atoms with Crippen LogP contribution in [0, 0.1) is 17.0 Å². The molecule has 1 N–H and O–H groups in total. The summed E-state index contributed by atoms with van der Waals surface area (Å²) in [6.07, 6.45) is 0.584. The molecule has 0 fully saturated rings. The van der Waals surface area contributed by atoms with Gasteiger partial charge in [-0.05, 0) is 37.1 Å². The lowest BCUT2D eigenvalue weighted by atomic mass is 10.0. The second-order valence-corrected chi connectivity index (χ2v) is 6.15. The number of hydrogen-bond donors (Lipinski definition) is 1. The second kappa shape index (κ2) is 7.91. The Balaban J connectivity index is 1.71. The van der Waals surface area contributed by atoms with E-state index in [9.17, 15) is 19.7 Å². The number of nitro groups is 1. The highest BCUT2D eigenvalue weighted by Gasteiger charge is 2.12. The molecule has 144 valence electrons. The molecule has 1 aromatic heterocycles. The number of non-ortho nitro benzene ring substituents is 1. The minimum atomic E-state index is -0.541. The van der Waals surface area contributed by atoms with Gasteiger partial charge in [0.1, 0.15) is 11.3 Å². The van der Waals surface area contributed by atoms with Crippen molar-refractivity contribution in [2.45, 2.75) is 20.3 Å². The van der Waals surface area contributed by atoms with Gasteiger partial charge in [0.2, 0.25) is 0 Å². The lowest BCUT2D eigenvalue weighted by molar-refractivity contribution is -0.384. The van der Waals surface area contributed by atoms with Gasteiger partial charge in [0, 0.05) is 34.8 Å². The van der Waals surface area contributed by atoms with E-state index < -0.39 is 10.8 Å². The molecular formula is C20H18N2O6. The Bertz CT molecular complexity index is 1120. The molecule has 0 bridgehead atoms. The standard InChI is InChI=1S/C20H18N2O6/c1-3-16-12(2)17-8-7-15(10-18(17)28-20(16)24)27-11-19(23)21-13-5-4-6-14(9-13)22(25)26/h4-10H,3,11H2,1-2H3,(H,21,23). The van der Waals surface area contributed by atoms with Crippen LogP contribution in [0.5, 0.6) is 5.75 Å². The summed E-state index contributed by atoms with van der Waals surface area (Å²) in [5.41, 5.74) is 1.69. The molecule has 0 aliphatic rings. The first-order valence-corrected chi connectivity index (χ1v) is 8.62. The molecular weight excluding hydrogens is 364 g/mol. The number of rotatable bonds is 6. The Hall–Kier alpha value is -3.68. The number of benzene rings is 2. The van der Waals surface area contributed by atoms with E-state index in [-0.39, 0.29) is 17.9 Å². The first-order chi connectivity index (χ1) is 13.4. The summed E-state index contributed by atoms with van der Waals surface area (Å²) in [4.78, 5) is 34.3. The summed E-state index contributed by atoms with van der Waals surface area (Å²) in [7, 11) is 0. The maximum absolute atomic E-state index is 12.0. The lowest BCUT2D eigenvalue weighted by Crippen LogP contribution is -2.20. The number of nitro benzene ring substituents is 1. The molecule has 1 heterocycles. The van der Waals surface area contributed by atoms with Crippen LogP contribution in [0.25, 0.3) is 11.0 Å². The quantitative estimate of drug-likeness (QED) is 0.396. The van der Waals surface area contributed by atoms with Gasteiger partial charge in [0.05, 0.1) is 4.92 Å². The van der Waals surface area contributed by atoms with Crippen molar-refractivity contribution in [1.82, 2.24) is 0 Å². The Labute approximate surface area is 159 Å². The van der Waals surface area contributed by atoms with E-state index >= 15 is 0 Å². The van der Waals surface area contributed by atoms with Crippen LogP contribution in [0.1, 0.15) is 18.1 Å². The van der Waals surface area contributed by atoms with Crippen LogP contribution in [-0.2, 0) is 11.2 Å². The molecule has 3 aromatic rings. The molecule has 28 heavy (non-hydrogen) atoms. The van der Waals surface area contributed by atoms with E-state index in [2.05, 4.69) is 5.32 Å². The number of carbonyl (C=O) groups excluding carboxylic acids is 1. The number of fused-ring (bicyclic) bond motifs is 1. The van der Waals surface area contributed by atoms with Gasteiger partial charge in [-0.3, -0.25) is 14.9 Å². The predicted molar refractivity (Wildman–Crippen MR) is 104 cm³/mol. The van der Waals surface area contributed by atoms with E-state index in [1.807, 2.05) is 13.8 Å². The summed E-state index contributed by atoms with van der Waals surface area (Å²) in [6.45, 7) is 3.46. The molecule has 3 rings (SSSR count). The first kappa shape index (κ1) is 19.1. The van der Waals surface area contributed by atoms with E-state index in [1.54, 1.807) is 24.3 Å². The smallest absolute Gasteiger partial charge is 0.339 e. The zero-order valence-corrected chi connectivity index (χ0v) is 15.4. The third-order valence-corrected chi connectivity index (χ3v) is 4.32. The van der Waals surface area contributed by atoms with E-state index in [4.69, 9.17) is 9.15 Å². The van der Waals surface area contributed by atoms with Crippen molar-refractivity contribution < 1.29 is 18.9 Å². The number of hydrogen-bond acceptors (Lipinski definition) is 6. The molecule has 0 saturated heterocycles. The van der Waals surface area contributed by atoms with Gasteiger partial charge in [-0.1, -0.05) is 13.0 Å². The Morgan fingerprint density at radius 3 is 2.75 bits per heavy atom. The van der Waals surface area contributed by atoms with Crippen LogP contribution in [-0.4, -0.2) is 17.4 Å². The molecule has 0 saturated carbocycles. The molecule has 0 spiro atoms. The van der Waals surface area contributed by atoms with Crippen LogP contribution in [0.2, 0.25) is 0 Å². The number of amides is 1. The second-order valence-electron chi connectivity index (χ2n) is 6.15. The molecule has 2 aromatic carbocycles. The van der Waals surface area contributed by atoms with Crippen LogP contribution in [0.4, 0.5) is 11.4 Å². The number of aryl methyl sites for hydroxylation is 1. The van der Waals surface area contributed by atoms with Crippen LogP contribution >= 0.6 is 0 Å². The van der Waals surface area contributed by atoms with Crippen LogP contribution in [0.15, 0.2) is 51.7 Å². The third-order valence-electron chi connectivity index (χ3n) is 4.32. The Kier molecular flexibility index (Phi) is 5.39. The Morgan fingerprint density at radius 2 is 2.04 bits per heavy atom. The molecule has 0 radical (unpaired) electrons. The largest absolute Gasteiger partial charge is 0.484 e. The highest BCUT2D eigenvalue weighted by molar-refractivity contribution is 5.92. The van der Waals surface area contributed by atoms with Crippen molar-refractivity contribution in [2.75, 3.05) is 11.9 Å². The zero-order chi connectivity index (χ0) is 20.3. The van der Waals surface area contributed by atoms with Gasteiger partial charge in [0.15, 0.2) is 6.61 Å². The minimum absolute atomic E-state index is 0.120. The van der Waals surface area contributed by atoms with Crippen molar-refractivity contribution >= 4 is 28.3 Å². The number of ether oxygens (including phenoxy) is 1. The van der Waals surface area contributed by atoms with Gasteiger partial charge in [-0.25, -0.2) is 4.79 Å². The fourth-order valence-electron chi connectivity index (χ4n) is 2.92. The topological polar surface area (TPSA) is 112 Å². The number of carbonyl (C=O) groups is 1. The van der Waals surface area contributed by atoms with Crippen molar-refractivity contribution in [2.24, 2.45) is 0 Å². The van der Waals surface area contributed by atoms with Crippen molar-refractivity contribution in [3.05, 3.63) is 74.1 Å². The maximum Gasteiger partial charge on any atom is 0.339 e. The predicted octanol–water partition coefficient (Wildman–Crippen LogP) is 3.59. The minimum Gasteiger partial charge on any atom is -0.484 e. The van der Waals surface area contributed by atoms with Gasteiger partial charge in [-0.15, -0.1) is 0 Å². The molecule has 0 unspecified atom stereocenters. The fraction of sp³-hybridized carbons (Fsp3) is 0.200. The molecule has 8 nitrogen and oxygen atoms in total. The van der Waals surface area contributed by atoms with Gasteiger partial charge < -0.3 is 14.5 Å². The highest BCUT2D eigenvalue weighted by Crippen LogP contribution is 2.24. The number of nitrogens with one attached hydrogen (secondary N) is 1. The van der Waals surface area contributed by atoms with Gasteiger partial charge >= 0.3 is 5.63 Å². The summed E-state index contributed by atoms with van der Waals surface area (Å²) >= 11 is 0. The Morgan fingerprint density at radius 1 is 1.25 bits per heavy atom. The fourth-order valence-corrected chi connectivity index (χ4v) is 2.92. The summed E-state index contributed by atoms with van der Waals surface area (Å²) < 4.78 is 10.8. The van der Waals surface area contributed by atoms with Crippen molar-refractivity contribution in [3.63, 3.8) is 0 Å². The van der Waals surface area contributed by atoms with Crippen LogP contribution < -0.4 is 15.7 Å². The first-order valence-electron chi connectivity index (χ1n) is 8.62. The maximum atomic E-state index is 12.0. The molecule has 0 aliphatic carbocycles. The normalized spacial score (nSPS) is 10.6. The van der Waals surface area contributed by atoms with Gasteiger partial charge in [-0.2, -0.15) is 0 Å². The SMILES string of the molecule is CCc1c(C)c2ccc(OCC(=O)Nc3cccc([N+](=O)[O-])c3)cc2oc1=O. The number of nitrogens with zero attached hydrogens (tertiary/aromatic N) is 1. The molecule has 1 amide bonds. The van der Waals surface area contributed by atoms with E-state index in [0.717, 1.165) is 10.9 Å². The average molecular weight is 382 g/mol. The molecule has 8 heteroatoms. The van der Waals surface area contributed by atoms with E-state index in [0.29, 0.717) is 29.0 Å². The zero-order valence-electron chi connectivity index (χ0n) is 15.4. The molecule has 0 atom stereocenters. The molecule has 0 aliphatic heterocycles.